The maximum atomic E-state index is 11.8. The average molecular weight is 251 g/mol. The zero-order valence-corrected chi connectivity index (χ0v) is 9.74. The second kappa shape index (κ2) is 4.52. The molecule has 0 saturated carbocycles. The van der Waals surface area contributed by atoms with Crippen LogP contribution in [0.4, 0.5) is 5.69 Å². The van der Waals surface area contributed by atoms with E-state index in [0.717, 1.165) is 0 Å². The Morgan fingerprint density at radius 2 is 2.22 bits per heavy atom. The fourth-order valence-corrected chi connectivity index (χ4v) is 1.93. The van der Waals surface area contributed by atoms with Crippen LogP contribution in [0, 0.1) is 12.8 Å². The molecule has 1 fully saturated rings. The summed E-state index contributed by atoms with van der Waals surface area (Å²) in [5, 5.41) is 14.1. The number of hydrogen-bond donors (Lipinski definition) is 4. The van der Waals surface area contributed by atoms with Gasteiger partial charge in [0.1, 0.15) is 5.56 Å². The summed E-state index contributed by atoms with van der Waals surface area (Å²) in [5.74, 6) is -2.08. The summed E-state index contributed by atoms with van der Waals surface area (Å²) >= 11 is 0. The third kappa shape index (κ3) is 2.20. The zero-order valence-electron chi connectivity index (χ0n) is 9.74. The number of carboxylic acid groups (broad SMARTS) is 1. The molecule has 0 aromatic carbocycles. The van der Waals surface area contributed by atoms with Crippen molar-refractivity contribution in [3.8, 4) is 0 Å². The lowest BCUT2D eigenvalue weighted by Gasteiger charge is -2.08. The van der Waals surface area contributed by atoms with Crippen LogP contribution in [0.15, 0.2) is 6.20 Å². The number of hydrogen-bond acceptors (Lipinski definition) is 3. The first-order valence-corrected chi connectivity index (χ1v) is 5.48. The maximum Gasteiger partial charge on any atom is 0.339 e. The second-order valence-electron chi connectivity index (χ2n) is 4.20. The lowest BCUT2D eigenvalue weighted by molar-refractivity contribution is -0.123. The van der Waals surface area contributed by atoms with Gasteiger partial charge in [-0.25, -0.2) is 4.79 Å². The molecule has 18 heavy (non-hydrogen) atoms. The van der Waals surface area contributed by atoms with Crippen molar-refractivity contribution in [2.24, 2.45) is 5.92 Å². The number of amides is 2. The van der Waals surface area contributed by atoms with Crippen LogP contribution >= 0.6 is 0 Å². The van der Waals surface area contributed by atoms with E-state index in [2.05, 4.69) is 15.6 Å². The second-order valence-corrected chi connectivity index (χ2v) is 4.20. The minimum Gasteiger partial charge on any atom is -0.478 e. The van der Waals surface area contributed by atoms with Crippen molar-refractivity contribution in [1.29, 1.82) is 0 Å². The minimum absolute atomic E-state index is 0.0423. The molecule has 2 rings (SSSR count). The normalized spacial score (nSPS) is 18.5. The highest BCUT2D eigenvalue weighted by atomic mass is 16.4. The van der Waals surface area contributed by atoms with Gasteiger partial charge in [0.2, 0.25) is 11.8 Å². The van der Waals surface area contributed by atoms with Crippen LogP contribution in [0.1, 0.15) is 22.5 Å². The van der Waals surface area contributed by atoms with E-state index in [1.807, 2.05) is 0 Å². The third-order valence-electron chi connectivity index (χ3n) is 2.90. The first-order chi connectivity index (χ1) is 8.49. The Balaban J connectivity index is 2.12. The lowest BCUT2D eigenvalue weighted by atomic mass is 10.1. The fraction of sp³-hybridized carbons (Fsp3) is 0.364. The van der Waals surface area contributed by atoms with Gasteiger partial charge in [-0.2, -0.15) is 0 Å². The SMILES string of the molecule is Cc1[nH]cc(NC(=O)C2CNC(=O)C2)c1C(=O)O. The number of carbonyl (C=O) groups excluding carboxylic acids is 2. The Morgan fingerprint density at radius 1 is 1.50 bits per heavy atom. The number of anilines is 1. The molecule has 2 heterocycles. The number of carboxylic acids is 1. The zero-order chi connectivity index (χ0) is 13.3. The molecule has 1 aliphatic heterocycles. The fourth-order valence-electron chi connectivity index (χ4n) is 1.93. The first-order valence-electron chi connectivity index (χ1n) is 5.48. The van der Waals surface area contributed by atoms with Crippen molar-refractivity contribution < 1.29 is 19.5 Å². The highest BCUT2D eigenvalue weighted by molar-refractivity contribution is 6.03. The molecule has 0 bridgehead atoms. The predicted molar refractivity (Wildman–Crippen MR) is 62.2 cm³/mol. The minimum atomic E-state index is -1.11. The molecule has 1 aromatic rings. The van der Waals surface area contributed by atoms with E-state index >= 15 is 0 Å². The summed E-state index contributed by atoms with van der Waals surface area (Å²) in [4.78, 5) is 36.6. The van der Waals surface area contributed by atoms with Gasteiger partial charge < -0.3 is 20.7 Å². The number of aromatic amines is 1. The standard InChI is InChI=1S/C11H13N3O4/c1-5-9(11(17)18)7(4-12-5)14-10(16)6-2-8(15)13-3-6/h4,6,12H,2-3H2,1H3,(H,13,15)(H,14,16)(H,17,18). The molecule has 1 aromatic heterocycles. The predicted octanol–water partition coefficient (Wildman–Crippen LogP) is 0.0959. The van der Waals surface area contributed by atoms with Crippen molar-refractivity contribution in [3.63, 3.8) is 0 Å². The summed E-state index contributed by atoms with van der Waals surface area (Å²) in [6, 6.07) is 0. The average Bonchev–Trinajstić information content (AvgIpc) is 2.85. The van der Waals surface area contributed by atoms with E-state index in [4.69, 9.17) is 5.11 Å². The molecule has 4 N–H and O–H groups in total. The number of aromatic carboxylic acids is 1. The van der Waals surface area contributed by atoms with E-state index in [1.165, 1.54) is 6.20 Å². The van der Waals surface area contributed by atoms with E-state index in [1.54, 1.807) is 6.92 Å². The number of carbonyl (C=O) groups is 3. The Labute approximate surface area is 103 Å². The Hall–Kier alpha value is -2.31. The maximum absolute atomic E-state index is 11.8. The van der Waals surface area contributed by atoms with Crippen LogP contribution in [-0.4, -0.2) is 34.4 Å². The topological polar surface area (TPSA) is 111 Å². The molecule has 96 valence electrons. The van der Waals surface area contributed by atoms with Gasteiger partial charge in [-0.05, 0) is 6.92 Å². The number of rotatable bonds is 3. The number of aryl methyl sites for hydroxylation is 1. The number of nitrogens with one attached hydrogen (secondary N) is 3. The number of H-pyrrole nitrogens is 1. The molecule has 0 radical (unpaired) electrons. The van der Waals surface area contributed by atoms with Crippen molar-refractivity contribution in [3.05, 3.63) is 17.5 Å². The van der Waals surface area contributed by atoms with Crippen molar-refractivity contribution in [2.45, 2.75) is 13.3 Å². The Bertz CT molecular complexity index is 520. The highest BCUT2D eigenvalue weighted by Gasteiger charge is 2.29. The molecule has 7 nitrogen and oxygen atoms in total. The van der Waals surface area contributed by atoms with Gasteiger partial charge in [0.05, 0.1) is 11.6 Å². The van der Waals surface area contributed by atoms with Crippen LogP contribution in [-0.2, 0) is 9.59 Å². The van der Waals surface area contributed by atoms with Crippen LogP contribution in [0.25, 0.3) is 0 Å². The highest BCUT2D eigenvalue weighted by Crippen LogP contribution is 2.21. The number of aromatic nitrogens is 1. The van der Waals surface area contributed by atoms with Crippen LogP contribution in [0.2, 0.25) is 0 Å². The van der Waals surface area contributed by atoms with Gasteiger partial charge in [0.15, 0.2) is 0 Å². The van der Waals surface area contributed by atoms with Gasteiger partial charge in [-0.1, -0.05) is 0 Å². The third-order valence-corrected chi connectivity index (χ3v) is 2.90. The smallest absolute Gasteiger partial charge is 0.339 e. The molecule has 1 saturated heterocycles. The van der Waals surface area contributed by atoms with Gasteiger partial charge >= 0.3 is 5.97 Å². The molecular weight excluding hydrogens is 238 g/mol. The summed E-state index contributed by atoms with van der Waals surface area (Å²) < 4.78 is 0. The van der Waals surface area contributed by atoms with Crippen LogP contribution in [0.3, 0.4) is 0 Å². The first kappa shape index (κ1) is 12.2. The molecule has 7 heteroatoms. The van der Waals surface area contributed by atoms with E-state index < -0.39 is 11.9 Å². The molecule has 1 atom stereocenters. The summed E-state index contributed by atoms with van der Waals surface area (Å²) in [6.45, 7) is 1.90. The lowest BCUT2D eigenvalue weighted by Crippen LogP contribution is -2.25. The molecule has 0 aliphatic carbocycles. The van der Waals surface area contributed by atoms with Crippen molar-refractivity contribution >= 4 is 23.5 Å². The Morgan fingerprint density at radius 3 is 2.78 bits per heavy atom. The largest absolute Gasteiger partial charge is 0.478 e. The molecular formula is C11H13N3O4. The van der Waals surface area contributed by atoms with Crippen LogP contribution < -0.4 is 10.6 Å². The van der Waals surface area contributed by atoms with E-state index in [0.29, 0.717) is 5.69 Å². The molecule has 1 aliphatic rings. The van der Waals surface area contributed by atoms with E-state index in [-0.39, 0.29) is 36.0 Å². The molecule has 2 amide bonds. The summed E-state index contributed by atoms with van der Waals surface area (Å²) in [6.07, 6.45) is 1.57. The van der Waals surface area contributed by atoms with Gasteiger partial charge in [0.25, 0.3) is 0 Å². The summed E-state index contributed by atoms with van der Waals surface area (Å²) in [7, 11) is 0. The van der Waals surface area contributed by atoms with Crippen molar-refractivity contribution in [2.75, 3.05) is 11.9 Å². The quantitative estimate of drug-likeness (QED) is 0.610. The van der Waals surface area contributed by atoms with Gasteiger partial charge in [-0.3, -0.25) is 9.59 Å². The van der Waals surface area contributed by atoms with Gasteiger partial charge in [-0.15, -0.1) is 0 Å². The van der Waals surface area contributed by atoms with Gasteiger partial charge in [0, 0.05) is 24.9 Å². The Kier molecular flexibility index (Phi) is 3.05. The molecule has 1 unspecified atom stereocenters. The van der Waals surface area contributed by atoms with Crippen LogP contribution in [0.5, 0.6) is 0 Å². The van der Waals surface area contributed by atoms with E-state index in [9.17, 15) is 14.4 Å². The van der Waals surface area contributed by atoms with Crippen molar-refractivity contribution in [1.82, 2.24) is 10.3 Å². The summed E-state index contributed by atoms with van der Waals surface area (Å²) in [5.41, 5.74) is 0.739. The molecule has 0 spiro atoms. The monoisotopic (exact) mass is 251 g/mol.